The number of nitrogens with zero attached hydrogens (tertiary/aromatic N) is 5. The first kappa shape index (κ1) is 21.0. The lowest BCUT2D eigenvalue weighted by molar-refractivity contribution is -0.122. The van der Waals surface area contributed by atoms with Crippen LogP contribution in [0.5, 0.6) is 0 Å². The molecule has 0 saturated carbocycles. The second-order valence-electron chi connectivity index (χ2n) is 7.45. The van der Waals surface area contributed by atoms with Gasteiger partial charge in [-0.3, -0.25) is 14.5 Å². The van der Waals surface area contributed by atoms with E-state index in [0.717, 1.165) is 50.6 Å². The summed E-state index contributed by atoms with van der Waals surface area (Å²) in [6, 6.07) is -0.194. The molecule has 2 saturated heterocycles. The number of nitrogens with one attached hydrogen (secondary N) is 1. The largest absolute Gasteiger partial charge is 0.353 e. The second-order valence-corrected chi connectivity index (χ2v) is 8.38. The van der Waals surface area contributed by atoms with Crippen molar-refractivity contribution in [1.82, 2.24) is 20.4 Å². The molecule has 2 amide bonds. The van der Waals surface area contributed by atoms with Gasteiger partial charge in [0.25, 0.3) is 0 Å². The molecule has 1 atom stereocenters. The fourth-order valence-electron chi connectivity index (χ4n) is 3.82. The highest BCUT2D eigenvalue weighted by molar-refractivity contribution is 7.19. The molecule has 1 aromatic heterocycles. The third kappa shape index (κ3) is 5.00. The van der Waals surface area contributed by atoms with Crippen molar-refractivity contribution in [2.75, 3.05) is 49.1 Å². The fraction of sp³-hybridized carbons (Fsp3) is 0.789. The molecule has 0 radical (unpaired) electrons. The lowest BCUT2D eigenvalue weighted by atomic mass is 10.2. The predicted octanol–water partition coefficient (Wildman–Crippen LogP) is 1.87. The molecule has 8 nitrogen and oxygen atoms in total. The number of carbonyl (C=O) groups is 2. The van der Waals surface area contributed by atoms with Crippen LogP contribution in [0.1, 0.15) is 52.4 Å². The number of rotatable bonds is 10. The Morgan fingerprint density at radius 1 is 1.21 bits per heavy atom. The van der Waals surface area contributed by atoms with Gasteiger partial charge < -0.3 is 15.1 Å². The van der Waals surface area contributed by atoms with E-state index in [1.807, 2.05) is 4.90 Å². The molecule has 9 heteroatoms. The Bertz CT molecular complexity index is 667. The summed E-state index contributed by atoms with van der Waals surface area (Å²) < 4.78 is 0. The Labute approximate surface area is 171 Å². The Morgan fingerprint density at radius 3 is 2.75 bits per heavy atom. The summed E-state index contributed by atoms with van der Waals surface area (Å²) in [6.45, 7) is 9.52. The van der Waals surface area contributed by atoms with Crippen molar-refractivity contribution in [3.05, 3.63) is 0 Å². The van der Waals surface area contributed by atoms with Crippen LogP contribution in [0.15, 0.2) is 0 Å². The van der Waals surface area contributed by atoms with Crippen LogP contribution in [-0.4, -0.2) is 72.2 Å². The van der Waals surface area contributed by atoms with Crippen molar-refractivity contribution in [2.24, 2.45) is 0 Å². The summed E-state index contributed by atoms with van der Waals surface area (Å²) in [5.41, 5.74) is 0. The molecule has 2 fully saturated rings. The molecule has 0 aromatic carbocycles. The maximum Gasteiger partial charge on any atom is 0.242 e. The van der Waals surface area contributed by atoms with Crippen LogP contribution in [0.2, 0.25) is 0 Å². The molecular weight excluding hydrogens is 376 g/mol. The van der Waals surface area contributed by atoms with Gasteiger partial charge in [0.1, 0.15) is 6.04 Å². The van der Waals surface area contributed by atoms with Crippen LogP contribution in [0.4, 0.5) is 10.3 Å². The molecule has 2 aliphatic heterocycles. The molecule has 1 N–H and O–H groups in total. The van der Waals surface area contributed by atoms with Crippen LogP contribution in [0.25, 0.3) is 0 Å². The van der Waals surface area contributed by atoms with Crippen LogP contribution < -0.4 is 15.1 Å². The van der Waals surface area contributed by atoms with Crippen molar-refractivity contribution in [3.63, 3.8) is 0 Å². The predicted molar refractivity (Wildman–Crippen MR) is 112 cm³/mol. The van der Waals surface area contributed by atoms with Crippen molar-refractivity contribution in [3.8, 4) is 0 Å². The molecule has 1 unspecified atom stereocenters. The zero-order valence-corrected chi connectivity index (χ0v) is 17.8. The lowest BCUT2D eigenvalue weighted by Crippen LogP contribution is -2.45. The fourth-order valence-corrected chi connectivity index (χ4v) is 4.78. The van der Waals surface area contributed by atoms with E-state index in [9.17, 15) is 9.59 Å². The zero-order valence-electron chi connectivity index (χ0n) is 17.0. The number of anilines is 2. The van der Waals surface area contributed by atoms with Gasteiger partial charge in [-0.15, -0.1) is 10.2 Å². The minimum Gasteiger partial charge on any atom is -0.353 e. The van der Waals surface area contributed by atoms with Crippen LogP contribution in [0, 0.1) is 0 Å². The van der Waals surface area contributed by atoms with Gasteiger partial charge in [-0.05, 0) is 38.8 Å². The number of hydrogen-bond acceptors (Lipinski definition) is 7. The first-order valence-corrected chi connectivity index (χ1v) is 11.4. The second kappa shape index (κ2) is 10.2. The van der Waals surface area contributed by atoms with Crippen molar-refractivity contribution < 1.29 is 9.59 Å². The SMILES string of the molecule is CCCCN(CC)CCNC(=O)C1CCCN1c1nnc(N2CCCC2=O)s1. The zero-order chi connectivity index (χ0) is 19.9. The third-order valence-corrected chi connectivity index (χ3v) is 6.49. The lowest BCUT2D eigenvalue weighted by Gasteiger charge is -2.24. The number of carbonyl (C=O) groups excluding carboxylic acids is 2. The summed E-state index contributed by atoms with van der Waals surface area (Å²) in [5, 5.41) is 13.0. The molecule has 1 aromatic rings. The van der Waals surface area contributed by atoms with E-state index in [-0.39, 0.29) is 17.9 Å². The molecule has 2 aliphatic rings. The van der Waals surface area contributed by atoms with Gasteiger partial charge in [0.05, 0.1) is 0 Å². The van der Waals surface area contributed by atoms with Gasteiger partial charge in [-0.1, -0.05) is 31.6 Å². The molecular formula is C19H32N6O2S. The first-order chi connectivity index (χ1) is 13.6. The van der Waals surface area contributed by atoms with E-state index >= 15 is 0 Å². The number of unbranched alkanes of at least 4 members (excludes halogenated alkanes) is 1. The van der Waals surface area contributed by atoms with Crippen LogP contribution in [0.3, 0.4) is 0 Å². The molecule has 3 heterocycles. The van der Waals surface area contributed by atoms with E-state index in [4.69, 9.17) is 0 Å². The third-order valence-electron chi connectivity index (χ3n) is 5.51. The highest BCUT2D eigenvalue weighted by atomic mass is 32.1. The van der Waals surface area contributed by atoms with Gasteiger partial charge in [-0.25, -0.2) is 0 Å². The van der Waals surface area contributed by atoms with Gasteiger partial charge >= 0.3 is 0 Å². The quantitative estimate of drug-likeness (QED) is 0.637. The first-order valence-electron chi connectivity index (χ1n) is 10.5. The summed E-state index contributed by atoms with van der Waals surface area (Å²) in [4.78, 5) is 30.8. The van der Waals surface area contributed by atoms with Crippen molar-refractivity contribution >= 4 is 33.4 Å². The number of amides is 2. The highest BCUT2D eigenvalue weighted by Gasteiger charge is 2.34. The molecule has 3 rings (SSSR count). The Morgan fingerprint density at radius 2 is 2.04 bits per heavy atom. The maximum absolute atomic E-state index is 12.7. The molecule has 156 valence electrons. The summed E-state index contributed by atoms with van der Waals surface area (Å²) in [6.07, 6.45) is 5.63. The van der Waals surface area contributed by atoms with Crippen LogP contribution >= 0.6 is 11.3 Å². The molecule has 28 heavy (non-hydrogen) atoms. The number of likely N-dealkylation sites (N-methyl/N-ethyl adjacent to an activating group) is 1. The number of aromatic nitrogens is 2. The van der Waals surface area contributed by atoms with E-state index in [1.165, 1.54) is 24.2 Å². The normalized spacial score (nSPS) is 19.8. The topological polar surface area (TPSA) is 81.7 Å². The van der Waals surface area contributed by atoms with Crippen molar-refractivity contribution in [1.29, 1.82) is 0 Å². The Hall–Kier alpha value is -1.74. The van der Waals surface area contributed by atoms with Gasteiger partial charge in [-0.2, -0.15) is 0 Å². The van der Waals surface area contributed by atoms with Gasteiger partial charge in [0.15, 0.2) is 0 Å². The van der Waals surface area contributed by atoms with Crippen molar-refractivity contribution in [2.45, 2.75) is 58.4 Å². The average molecular weight is 409 g/mol. The molecule has 0 bridgehead atoms. The monoisotopic (exact) mass is 408 g/mol. The average Bonchev–Trinajstić information content (AvgIpc) is 3.43. The standard InChI is InChI=1S/C19H32N6O2S/c1-3-5-11-23(4-2)14-10-20-17(27)15-8-6-12-24(15)18-21-22-19(28-18)25-13-7-9-16(25)26/h15H,3-14H2,1-2H3,(H,20,27). The van der Waals surface area contributed by atoms with Gasteiger partial charge in [0, 0.05) is 32.6 Å². The van der Waals surface area contributed by atoms with Gasteiger partial charge in [0.2, 0.25) is 22.1 Å². The van der Waals surface area contributed by atoms with E-state index < -0.39 is 0 Å². The van der Waals surface area contributed by atoms with E-state index in [2.05, 4.69) is 34.3 Å². The number of hydrogen-bond donors (Lipinski definition) is 1. The maximum atomic E-state index is 12.7. The van der Waals surface area contributed by atoms with E-state index in [0.29, 0.717) is 24.6 Å². The highest BCUT2D eigenvalue weighted by Crippen LogP contribution is 2.33. The smallest absolute Gasteiger partial charge is 0.242 e. The molecule has 0 spiro atoms. The Kier molecular flexibility index (Phi) is 7.61. The minimum atomic E-state index is -0.194. The van der Waals surface area contributed by atoms with Crippen LogP contribution in [-0.2, 0) is 9.59 Å². The molecule has 0 aliphatic carbocycles. The minimum absolute atomic E-state index is 0.0676. The summed E-state index contributed by atoms with van der Waals surface area (Å²) >= 11 is 1.41. The Balaban J connectivity index is 1.53. The summed E-state index contributed by atoms with van der Waals surface area (Å²) in [7, 11) is 0. The van der Waals surface area contributed by atoms with E-state index in [1.54, 1.807) is 4.90 Å². The summed E-state index contributed by atoms with van der Waals surface area (Å²) in [5.74, 6) is 0.181.